The maximum atomic E-state index is 11.9. The SMILES string of the molecule is CNN1C(Cl)=CSC1S(=O)(=O)N(C)NC. The molecule has 0 aromatic rings. The van der Waals surface area contributed by atoms with Crippen molar-refractivity contribution < 1.29 is 8.42 Å². The molecule has 0 saturated heterocycles. The van der Waals surface area contributed by atoms with Crippen LogP contribution in [-0.2, 0) is 10.0 Å². The van der Waals surface area contributed by atoms with Gasteiger partial charge in [0, 0.05) is 19.5 Å². The second kappa shape index (κ2) is 4.89. The predicted molar refractivity (Wildman–Crippen MR) is 62.0 cm³/mol. The van der Waals surface area contributed by atoms with Gasteiger partial charge < -0.3 is 0 Å². The summed E-state index contributed by atoms with van der Waals surface area (Å²) in [5, 5.41) is 3.33. The second-order valence-electron chi connectivity index (χ2n) is 2.71. The maximum absolute atomic E-state index is 11.9. The average molecular weight is 273 g/mol. The number of hydrazine groups is 2. The highest BCUT2D eigenvalue weighted by molar-refractivity contribution is 8.14. The molecule has 0 aliphatic carbocycles. The van der Waals surface area contributed by atoms with E-state index in [4.69, 9.17) is 11.6 Å². The number of halogens is 1. The monoisotopic (exact) mass is 272 g/mol. The Kier molecular flexibility index (Phi) is 4.27. The lowest BCUT2D eigenvalue weighted by Gasteiger charge is -2.28. The molecule has 0 spiro atoms. The summed E-state index contributed by atoms with van der Waals surface area (Å²) in [4.78, 5) is 0. The lowest BCUT2D eigenvalue weighted by atomic mass is 10.9. The van der Waals surface area contributed by atoms with Crippen molar-refractivity contribution in [3.63, 3.8) is 0 Å². The molecule has 1 rings (SSSR count). The van der Waals surface area contributed by atoms with Crippen LogP contribution in [0.4, 0.5) is 0 Å². The Balaban J connectivity index is 2.91. The van der Waals surface area contributed by atoms with Gasteiger partial charge in [0.2, 0.25) is 4.71 Å². The minimum absolute atomic E-state index is 0.362. The highest BCUT2D eigenvalue weighted by Crippen LogP contribution is 2.35. The molecule has 0 bridgehead atoms. The molecule has 9 heteroatoms. The Morgan fingerprint density at radius 2 is 2.20 bits per heavy atom. The molecule has 1 atom stereocenters. The molecule has 88 valence electrons. The Morgan fingerprint density at radius 3 is 2.67 bits per heavy atom. The third kappa shape index (κ3) is 2.40. The zero-order valence-electron chi connectivity index (χ0n) is 8.56. The van der Waals surface area contributed by atoms with Crippen molar-refractivity contribution in [3.8, 4) is 0 Å². The van der Waals surface area contributed by atoms with E-state index in [-0.39, 0.29) is 0 Å². The van der Waals surface area contributed by atoms with Crippen LogP contribution in [0.25, 0.3) is 0 Å². The third-order valence-corrected chi connectivity index (χ3v) is 5.87. The van der Waals surface area contributed by atoms with Crippen molar-refractivity contribution in [3.05, 3.63) is 10.6 Å². The summed E-state index contributed by atoms with van der Waals surface area (Å²) in [6.45, 7) is 0. The molecule has 0 fully saturated rings. The van der Waals surface area contributed by atoms with E-state index in [0.29, 0.717) is 5.16 Å². The van der Waals surface area contributed by atoms with Crippen molar-refractivity contribution in [1.29, 1.82) is 0 Å². The van der Waals surface area contributed by atoms with Gasteiger partial charge in [-0.3, -0.25) is 5.01 Å². The van der Waals surface area contributed by atoms with Gasteiger partial charge in [0.25, 0.3) is 10.0 Å². The normalized spacial score (nSPS) is 22.3. The van der Waals surface area contributed by atoms with Crippen LogP contribution >= 0.6 is 23.4 Å². The first kappa shape index (κ1) is 13.1. The molecule has 0 aromatic carbocycles. The number of nitrogens with one attached hydrogen (secondary N) is 2. The first-order chi connectivity index (χ1) is 6.95. The Bertz CT molecular complexity index is 358. The van der Waals surface area contributed by atoms with Crippen LogP contribution in [0.3, 0.4) is 0 Å². The van der Waals surface area contributed by atoms with Crippen LogP contribution in [0.2, 0.25) is 0 Å². The fraction of sp³-hybridized carbons (Fsp3) is 0.667. The van der Waals surface area contributed by atoms with E-state index in [1.807, 2.05) is 0 Å². The standard InChI is InChI=1S/C6H13ClN4O2S2/c1-8-10(3)15(12,13)6-11(9-2)5(7)4-14-6/h4,6,8-9H,1-3H3. The van der Waals surface area contributed by atoms with E-state index >= 15 is 0 Å². The second-order valence-corrected chi connectivity index (χ2v) is 6.38. The fourth-order valence-electron chi connectivity index (χ4n) is 1.01. The van der Waals surface area contributed by atoms with Crippen molar-refractivity contribution >= 4 is 33.4 Å². The van der Waals surface area contributed by atoms with Gasteiger partial charge >= 0.3 is 0 Å². The number of thioether (sulfide) groups is 1. The van der Waals surface area contributed by atoms with Crippen molar-refractivity contribution in [2.24, 2.45) is 0 Å². The van der Waals surface area contributed by atoms with Gasteiger partial charge in [0.1, 0.15) is 5.16 Å². The minimum atomic E-state index is -3.47. The topological polar surface area (TPSA) is 64.7 Å². The van der Waals surface area contributed by atoms with E-state index in [0.717, 1.165) is 16.2 Å². The molecule has 1 aliphatic heterocycles. The summed E-state index contributed by atoms with van der Waals surface area (Å²) in [5.41, 5.74) is 5.28. The molecule has 2 N–H and O–H groups in total. The molecule has 6 nitrogen and oxygen atoms in total. The van der Waals surface area contributed by atoms with Crippen molar-refractivity contribution in [2.45, 2.75) is 4.71 Å². The molecule has 0 aromatic heterocycles. The van der Waals surface area contributed by atoms with E-state index in [2.05, 4.69) is 10.9 Å². The third-order valence-electron chi connectivity index (χ3n) is 1.91. The average Bonchev–Trinajstić information content (AvgIpc) is 2.58. The van der Waals surface area contributed by atoms with Gasteiger partial charge in [0.05, 0.1) is 0 Å². The van der Waals surface area contributed by atoms with Crippen molar-refractivity contribution in [1.82, 2.24) is 20.3 Å². The number of hydrogen-bond acceptors (Lipinski definition) is 6. The predicted octanol–water partition coefficient (Wildman–Crippen LogP) is -0.113. The van der Waals surface area contributed by atoms with Gasteiger partial charge in [-0.1, -0.05) is 23.4 Å². The first-order valence-corrected chi connectivity index (χ1v) is 6.90. The van der Waals surface area contributed by atoms with Crippen molar-refractivity contribution in [2.75, 3.05) is 21.1 Å². The number of sulfonamides is 1. The van der Waals surface area contributed by atoms with Crippen LogP contribution in [-0.4, -0.2) is 43.7 Å². The minimum Gasteiger partial charge on any atom is -0.267 e. The Labute approximate surface area is 98.6 Å². The van der Waals surface area contributed by atoms with Crippen LogP contribution in [0.5, 0.6) is 0 Å². The quantitative estimate of drug-likeness (QED) is 0.550. The van der Waals surface area contributed by atoms with Gasteiger partial charge in [-0.2, -0.15) is 0 Å². The fourth-order valence-corrected chi connectivity index (χ4v) is 4.27. The lowest BCUT2D eigenvalue weighted by Crippen LogP contribution is -2.49. The molecular weight excluding hydrogens is 260 g/mol. The highest BCUT2D eigenvalue weighted by Gasteiger charge is 2.38. The summed E-state index contributed by atoms with van der Waals surface area (Å²) < 4.78 is 24.2. The van der Waals surface area contributed by atoms with Gasteiger partial charge in [-0.05, 0) is 7.05 Å². The van der Waals surface area contributed by atoms with E-state index in [1.165, 1.54) is 19.1 Å². The highest BCUT2D eigenvalue weighted by atomic mass is 35.5. The summed E-state index contributed by atoms with van der Waals surface area (Å²) >= 11 is 6.96. The van der Waals surface area contributed by atoms with Gasteiger partial charge in [-0.15, -0.1) is 4.41 Å². The number of hydrogen-bond donors (Lipinski definition) is 2. The molecule has 1 aliphatic rings. The van der Waals surface area contributed by atoms with Crippen LogP contribution in [0.1, 0.15) is 0 Å². The first-order valence-electron chi connectivity index (χ1n) is 4.08. The maximum Gasteiger partial charge on any atom is 0.259 e. The molecule has 0 saturated carbocycles. The summed E-state index contributed by atoms with van der Waals surface area (Å²) in [5.74, 6) is 0. The van der Waals surface area contributed by atoms with E-state index in [9.17, 15) is 8.42 Å². The molecule has 0 radical (unpaired) electrons. The van der Waals surface area contributed by atoms with Gasteiger partial charge in [0.15, 0.2) is 0 Å². The molecular formula is C6H13ClN4O2S2. The lowest BCUT2D eigenvalue weighted by molar-refractivity contribution is 0.301. The largest absolute Gasteiger partial charge is 0.267 e. The van der Waals surface area contributed by atoms with E-state index in [1.54, 1.807) is 12.5 Å². The van der Waals surface area contributed by atoms with E-state index < -0.39 is 14.7 Å². The zero-order chi connectivity index (χ0) is 11.6. The summed E-state index contributed by atoms with van der Waals surface area (Å²) in [7, 11) is 1.12. The molecule has 1 heterocycles. The molecule has 15 heavy (non-hydrogen) atoms. The summed E-state index contributed by atoms with van der Waals surface area (Å²) in [6.07, 6.45) is 0. The summed E-state index contributed by atoms with van der Waals surface area (Å²) in [6, 6.07) is 0. The molecule has 1 unspecified atom stereocenters. The zero-order valence-corrected chi connectivity index (χ0v) is 10.9. The van der Waals surface area contributed by atoms with Crippen LogP contribution in [0, 0.1) is 0 Å². The number of rotatable bonds is 4. The molecule has 0 amide bonds. The smallest absolute Gasteiger partial charge is 0.259 e. The van der Waals surface area contributed by atoms with Gasteiger partial charge in [-0.25, -0.2) is 19.3 Å². The Hall–Kier alpha value is 0.01000. The van der Waals surface area contributed by atoms with Crippen LogP contribution < -0.4 is 10.9 Å². The van der Waals surface area contributed by atoms with Crippen LogP contribution in [0.15, 0.2) is 10.6 Å². The Morgan fingerprint density at radius 1 is 1.60 bits per heavy atom. The number of nitrogens with zero attached hydrogens (tertiary/aromatic N) is 2.